The van der Waals surface area contributed by atoms with Crippen LogP contribution in [0.3, 0.4) is 0 Å². The molecule has 4 rings (SSSR count). The molecule has 0 saturated heterocycles. The Labute approximate surface area is 226 Å². The Morgan fingerprint density at radius 1 is 0.579 bits per heavy atom. The third-order valence-corrected chi connectivity index (χ3v) is 6.87. The van der Waals surface area contributed by atoms with Crippen LogP contribution in [0.25, 0.3) is 0 Å². The van der Waals surface area contributed by atoms with E-state index in [2.05, 4.69) is 38.1 Å². The van der Waals surface area contributed by atoms with Gasteiger partial charge in [0.25, 0.3) is 0 Å². The lowest BCUT2D eigenvalue weighted by Crippen LogP contribution is -2.18. The van der Waals surface area contributed by atoms with Gasteiger partial charge in [-0.2, -0.15) is 0 Å². The molecule has 0 saturated carbocycles. The summed E-state index contributed by atoms with van der Waals surface area (Å²) in [6, 6.07) is 20.8. The molecule has 0 N–H and O–H groups in total. The van der Waals surface area contributed by atoms with Crippen molar-refractivity contribution in [2.24, 2.45) is 20.0 Å². The molecular formula is C32H38N6. The molecule has 6 nitrogen and oxygen atoms in total. The van der Waals surface area contributed by atoms with Gasteiger partial charge in [-0.05, 0) is 77.3 Å². The molecule has 38 heavy (non-hydrogen) atoms. The summed E-state index contributed by atoms with van der Waals surface area (Å²) in [6.45, 7) is 13.5. The topological polar surface area (TPSA) is 75.2 Å². The zero-order valence-electron chi connectivity index (χ0n) is 23.4. The Kier molecular flexibility index (Phi) is 9.06. The number of hydrogen-bond donors (Lipinski definition) is 0. The number of rotatable bonds is 3. The van der Waals surface area contributed by atoms with Gasteiger partial charge in [-0.25, -0.2) is 9.97 Å². The second-order valence-corrected chi connectivity index (χ2v) is 10.0. The average molecular weight is 507 g/mol. The second-order valence-electron chi connectivity index (χ2n) is 10.0. The van der Waals surface area contributed by atoms with E-state index in [0.29, 0.717) is 13.1 Å². The Morgan fingerprint density at radius 2 is 1.03 bits per heavy atom. The van der Waals surface area contributed by atoms with E-state index in [1.165, 1.54) is 11.1 Å². The summed E-state index contributed by atoms with van der Waals surface area (Å²) in [5.74, 6) is 0. The van der Waals surface area contributed by atoms with Crippen molar-refractivity contribution in [3.63, 3.8) is 0 Å². The van der Waals surface area contributed by atoms with E-state index in [9.17, 15) is 0 Å². The minimum Gasteiger partial charge on any atom is -0.286 e. The van der Waals surface area contributed by atoms with Crippen molar-refractivity contribution in [3.05, 3.63) is 94.6 Å². The molecule has 1 aliphatic rings. The maximum absolute atomic E-state index is 5.13. The summed E-state index contributed by atoms with van der Waals surface area (Å²) in [5.41, 5.74) is 9.58. The second kappa shape index (κ2) is 12.6. The first-order chi connectivity index (χ1) is 18.3. The Morgan fingerprint density at radius 3 is 1.53 bits per heavy atom. The lowest BCUT2D eigenvalue weighted by Gasteiger charge is -2.14. The van der Waals surface area contributed by atoms with E-state index in [1.807, 2.05) is 64.1 Å². The highest BCUT2D eigenvalue weighted by molar-refractivity contribution is 6.02. The SMILES string of the molecule is CC[C@H]1CN=C(C)c2cccc(n2)C(C)=N[C@@H](Cc2ccc(C)cc2)CN=C(C)c2cccc(n2)C(C)=N1. The van der Waals surface area contributed by atoms with Gasteiger partial charge in [-0.1, -0.05) is 48.9 Å². The van der Waals surface area contributed by atoms with E-state index in [-0.39, 0.29) is 12.1 Å². The fourth-order valence-corrected chi connectivity index (χ4v) is 4.41. The molecule has 3 aromatic rings. The van der Waals surface area contributed by atoms with Crippen molar-refractivity contribution in [1.29, 1.82) is 0 Å². The number of aryl methyl sites for hydroxylation is 1. The Balaban J connectivity index is 1.78. The van der Waals surface area contributed by atoms with Crippen LogP contribution in [0.1, 0.15) is 74.9 Å². The molecule has 0 spiro atoms. The first-order valence-electron chi connectivity index (χ1n) is 13.4. The smallest absolute Gasteiger partial charge is 0.0845 e. The average Bonchev–Trinajstić information content (AvgIpc) is 2.94. The molecule has 4 bridgehead atoms. The van der Waals surface area contributed by atoms with Crippen molar-refractivity contribution >= 4 is 22.8 Å². The van der Waals surface area contributed by atoms with Gasteiger partial charge in [-0.15, -0.1) is 0 Å². The number of nitrogens with zero attached hydrogens (tertiary/aromatic N) is 6. The number of hydrogen-bond acceptors (Lipinski definition) is 6. The molecule has 0 amide bonds. The molecule has 0 fully saturated rings. The standard InChI is InChI=1S/C32H38N6/c1-7-27-19-33-22(3)29-10-9-13-32(38-29)25(6)36-28(18-26-16-14-21(2)15-17-26)20-34-23(4)30-11-8-12-31(37-30)24(5)35-27/h8-17,27-28H,7,18-20H2,1-6H3/t27-,28-/m0/s1. The van der Waals surface area contributed by atoms with Crippen LogP contribution in [-0.2, 0) is 6.42 Å². The molecule has 1 aromatic carbocycles. The molecular weight excluding hydrogens is 468 g/mol. The Hall–Kier alpha value is -3.80. The van der Waals surface area contributed by atoms with E-state index in [0.717, 1.165) is 58.5 Å². The molecule has 0 radical (unpaired) electrons. The maximum atomic E-state index is 5.13. The van der Waals surface area contributed by atoms with E-state index >= 15 is 0 Å². The molecule has 0 unspecified atom stereocenters. The highest BCUT2D eigenvalue weighted by atomic mass is 14.9. The zero-order valence-corrected chi connectivity index (χ0v) is 23.4. The van der Waals surface area contributed by atoms with Gasteiger partial charge in [0.15, 0.2) is 0 Å². The van der Waals surface area contributed by atoms with Crippen molar-refractivity contribution in [3.8, 4) is 0 Å². The van der Waals surface area contributed by atoms with Crippen LogP contribution in [0.4, 0.5) is 0 Å². The van der Waals surface area contributed by atoms with E-state index < -0.39 is 0 Å². The molecule has 1 aliphatic heterocycles. The summed E-state index contributed by atoms with van der Waals surface area (Å²) in [7, 11) is 0. The van der Waals surface area contributed by atoms with Gasteiger partial charge in [-0.3, -0.25) is 20.0 Å². The van der Waals surface area contributed by atoms with Crippen molar-refractivity contribution in [1.82, 2.24) is 9.97 Å². The van der Waals surface area contributed by atoms with Gasteiger partial charge in [0.2, 0.25) is 0 Å². The molecule has 3 heterocycles. The number of benzene rings is 1. The third kappa shape index (κ3) is 7.15. The van der Waals surface area contributed by atoms with Crippen LogP contribution in [-0.4, -0.2) is 58.0 Å². The van der Waals surface area contributed by atoms with Crippen molar-refractivity contribution in [2.75, 3.05) is 13.1 Å². The third-order valence-electron chi connectivity index (χ3n) is 6.87. The van der Waals surface area contributed by atoms with E-state index in [1.54, 1.807) is 0 Å². The van der Waals surface area contributed by atoms with Crippen LogP contribution in [0.15, 0.2) is 80.6 Å². The maximum Gasteiger partial charge on any atom is 0.0845 e. The minimum atomic E-state index is -0.0245. The number of fused-ring (bicyclic) bond motifs is 4. The van der Waals surface area contributed by atoms with Gasteiger partial charge in [0.1, 0.15) is 0 Å². The molecule has 0 aliphatic carbocycles. The summed E-state index contributed by atoms with van der Waals surface area (Å²) >= 11 is 0. The fourth-order valence-electron chi connectivity index (χ4n) is 4.41. The Bertz CT molecular complexity index is 1380. The molecule has 2 atom stereocenters. The minimum absolute atomic E-state index is 0.0245. The van der Waals surface area contributed by atoms with Gasteiger partial charge in [0.05, 0.1) is 70.8 Å². The highest BCUT2D eigenvalue weighted by Gasteiger charge is 2.13. The van der Waals surface area contributed by atoms with Crippen LogP contribution >= 0.6 is 0 Å². The van der Waals surface area contributed by atoms with Gasteiger partial charge >= 0.3 is 0 Å². The first-order valence-corrected chi connectivity index (χ1v) is 13.4. The summed E-state index contributed by atoms with van der Waals surface area (Å²) < 4.78 is 0. The molecule has 2 aromatic heterocycles. The van der Waals surface area contributed by atoms with Crippen molar-refractivity contribution < 1.29 is 0 Å². The van der Waals surface area contributed by atoms with Crippen molar-refractivity contribution in [2.45, 2.75) is 66.5 Å². The van der Waals surface area contributed by atoms with Gasteiger partial charge < -0.3 is 0 Å². The summed E-state index contributed by atoms with van der Waals surface area (Å²) in [5, 5.41) is 0. The normalized spacial score (nSPS) is 18.9. The lowest BCUT2D eigenvalue weighted by molar-refractivity contribution is 0.663. The van der Waals surface area contributed by atoms with Crippen LogP contribution in [0, 0.1) is 6.92 Å². The number of aliphatic imine (C=N–C) groups is 4. The van der Waals surface area contributed by atoms with Crippen LogP contribution < -0.4 is 0 Å². The highest BCUT2D eigenvalue weighted by Crippen LogP contribution is 2.13. The quantitative estimate of drug-likeness (QED) is 0.429. The number of pyridine rings is 2. The predicted molar refractivity (Wildman–Crippen MR) is 160 cm³/mol. The molecule has 6 heteroatoms. The number of aromatic nitrogens is 2. The molecule has 196 valence electrons. The monoisotopic (exact) mass is 506 g/mol. The summed E-state index contributed by atoms with van der Waals surface area (Å²) in [6.07, 6.45) is 1.70. The van der Waals surface area contributed by atoms with Gasteiger partial charge in [0, 0.05) is 0 Å². The summed E-state index contributed by atoms with van der Waals surface area (Å²) in [4.78, 5) is 29.7. The fraction of sp³-hybridized carbons (Fsp3) is 0.375. The van der Waals surface area contributed by atoms with Crippen LogP contribution in [0.5, 0.6) is 0 Å². The van der Waals surface area contributed by atoms with Crippen LogP contribution in [0.2, 0.25) is 0 Å². The first kappa shape index (κ1) is 27.2. The lowest BCUT2D eigenvalue weighted by atomic mass is 10.0. The predicted octanol–water partition coefficient (Wildman–Crippen LogP) is 6.12. The zero-order chi connectivity index (χ0) is 27.1. The van der Waals surface area contributed by atoms with E-state index in [4.69, 9.17) is 29.9 Å². The largest absolute Gasteiger partial charge is 0.286 e.